The average molecular weight is 334 g/mol. The van der Waals surface area contributed by atoms with Crippen LogP contribution in [0.4, 0.5) is 5.69 Å². The summed E-state index contributed by atoms with van der Waals surface area (Å²) in [4.78, 5) is 35.8. The minimum Gasteiger partial charge on any atom is -0.481 e. The Morgan fingerprint density at radius 2 is 2.08 bits per heavy atom. The second-order valence-corrected chi connectivity index (χ2v) is 5.86. The lowest BCUT2D eigenvalue weighted by atomic mass is 10.1. The van der Waals surface area contributed by atoms with E-state index in [1.165, 1.54) is 0 Å². The zero-order valence-corrected chi connectivity index (χ0v) is 13.7. The van der Waals surface area contributed by atoms with Gasteiger partial charge in [-0.1, -0.05) is 12.5 Å². The molecule has 0 saturated carbocycles. The van der Waals surface area contributed by atoms with Crippen molar-refractivity contribution in [2.45, 2.75) is 32.6 Å². The summed E-state index contributed by atoms with van der Waals surface area (Å²) in [6.07, 6.45) is 2.25. The number of rotatable bonds is 8. The summed E-state index contributed by atoms with van der Waals surface area (Å²) in [6, 6.07) is 5.48. The van der Waals surface area contributed by atoms with E-state index in [0.717, 1.165) is 24.1 Å². The molecular formula is C17H22N2O5. The summed E-state index contributed by atoms with van der Waals surface area (Å²) in [6.45, 7) is 2.56. The van der Waals surface area contributed by atoms with Crippen LogP contribution >= 0.6 is 0 Å². The minimum atomic E-state index is -0.801. The number of amides is 1. The van der Waals surface area contributed by atoms with Gasteiger partial charge in [-0.2, -0.15) is 0 Å². The summed E-state index contributed by atoms with van der Waals surface area (Å²) in [5.74, 6) is -0.883. The van der Waals surface area contributed by atoms with E-state index in [4.69, 9.17) is 9.84 Å². The highest BCUT2D eigenvalue weighted by molar-refractivity contribution is 5.89. The number of carboxylic acids is 1. The molecule has 1 amide bonds. The number of ether oxygens (including phenoxy) is 1. The van der Waals surface area contributed by atoms with Crippen LogP contribution in [0.25, 0.3) is 0 Å². The molecule has 130 valence electrons. The highest BCUT2D eigenvalue weighted by Gasteiger charge is 2.25. The molecule has 0 saturated heterocycles. The molecule has 1 heterocycles. The number of nitrogens with one attached hydrogen (secondary N) is 1. The summed E-state index contributed by atoms with van der Waals surface area (Å²) < 4.78 is 5.18. The lowest BCUT2D eigenvalue weighted by Gasteiger charge is -2.29. The number of carboxylic acid groups (broad SMARTS) is 1. The normalized spacial score (nSPS) is 13.2. The summed E-state index contributed by atoms with van der Waals surface area (Å²) >= 11 is 0. The van der Waals surface area contributed by atoms with Gasteiger partial charge in [0.2, 0.25) is 5.91 Å². The number of unbranched alkanes of at least 4 members (excludes halogenated alkanes) is 2. The van der Waals surface area contributed by atoms with E-state index in [1.54, 1.807) is 11.0 Å². The number of aliphatic carboxylic acids is 1. The molecule has 0 spiro atoms. The molecule has 0 aliphatic carbocycles. The van der Waals surface area contributed by atoms with Gasteiger partial charge in [-0.05, 0) is 37.5 Å². The van der Waals surface area contributed by atoms with Crippen LogP contribution in [0.5, 0.6) is 5.75 Å². The van der Waals surface area contributed by atoms with Gasteiger partial charge in [-0.15, -0.1) is 0 Å². The number of hydrogen-bond acceptors (Lipinski definition) is 5. The Morgan fingerprint density at radius 3 is 2.83 bits per heavy atom. The van der Waals surface area contributed by atoms with Crippen LogP contribution in [0.1, 0.15) is 31.2 Å². The number of benzene rings is 1. The van der Waals surface area contributed by atoms with Crippen molar-refractivity contribution in [2.75, 3.05) is 24.5 Å². The molecule has 1 aromatic rings. The zero-order chi connectivity index (χ0) is 17.5. The molecule has 7 heteroatoms. The number of anilines is 1. The smallest absolute Gasteiger partial charge is 0.331 e. The van der Waals surface area contributed by atoms with E-state index >= 15 is 0 Å². The van der Waals surface area contributed by atoms with E-state index in [0.29, 0.717) is 18.7 Å². The number of nitrogens with zero attached hydrogens (tertiary/aromatic N) is 1. The van der Waals surface area contributed by atoms with Crippen molar-refractivity contribution in [3.05, 3.63) is 23.8 Å². The predicted octanol–water partition coefficient (Wildman–Crippen LogP) is 1.48. The Balaban J connectivity index is 1.81. The Bertz CT molecular complexity index is 629. The molecule has 1 aliphatic heterocycles. The molecule has 7 nitrogen and oxygen atoms in total. The topological polar surface area (TPSA) is 95.9 Å². The van der Waals surface area contributed by atoms with E-state index in [1.807, 2.05) is 19.1 Å². The van der Waals surface area contributed by atoms with Gasteiger partial charge in [-0.25, -0.2) is 4.79 Å². The average Bonchev–Trinajstić information content (AvgIpc) is 2.51. The van der Waals surface area contributed by atoms with Crippen LogP contribution in [0.3, 0.4) is 0 Å². The number of aryl methyl sites for hydroxylation is 1. The molecule has 24 heavy (non-hydrogen) atoms. The van der Waals surface area contributed by atoms with Crippen LogP contribution in [0.15, 0.2) is 18.2 Å². The third-order valence-electron chi connectivity index (χ3n) is 3.72. The molecular weight excluding hydrogens is 312 g/mol. The van der Waals surface area contributed by atoms with E-state index in [9.17, 15) is 14.4 Å². The second-order valence-electron chi connectivity index (χ2n) is 5.86. The fourth-order valence-corrected chi connectivity index (χ4v) is 2.53. The van der Waals surface area contributed by atoms with Crippen molar-refractivity contribution in [3.8, 4) is 5.75 Å². The quantitative estimate of drug-likeness (QED) is 0.425. The number of fused-ring (bicyclic) bond motifs is 1. The van der Waals surface area contributed by atoms with Crippen molar-refractivity contribution in [1.29, 1.82) is 0 Å². The van der Waals surface area contributed by atoms with Gasteiger partial charge in [-0.3, -0.25) is 9.59 Å². The van der Waals surface area contributed by atoms with Crippen molar-refractivity contribution in [2.24, 2.45) is 0 Å². The SMILES string of the molecule is Cc1ccc2c(c1)N(CC(=O)NCCCCCC(=O)O)CC(=O)O2. The maximum atomic E-state index is 12.1. The molecule has 2 rings (SSSR count). The highest BCUT2D eigenvalue weighted by atomic mass is 16.5. The molecule has 0 radical (unpaired) electrons. The van der Waals surface area contributed by atoms with Crippen molar-refractivity contribution in [3.63, 3.8) is 0 Å². The van der Waals surface area contributed by atoms with Crippen LogP contribution in [0.2, 0.25) is 0 Å². The zero-order valence-electron chi connectivity index (χ0n) is 13.7. The Kier molecular flexibility index (Phi) is 6.17. The summed E-state index contributed by atoms with van der Waals surface area (Å²) in [5, 5.41) is 11.3. The van der Waals surface area contributed by atoms with Gasteiger partial charge >= 0.3 is 11.9 Å². The number of carbonyl (C=O) groups excluding carboxylic acids is 2. The van der Waals surface area contributed by atoms with Gasteiger partial charge < -0.3 is 20.1 Å². The van der Waals surface area contributed by atoms with Gasteiger partial charge in [0.05, 0.1) is 12.2 Å². The Labute approximate surface area is 140 Å². The van der Waals surface area contributed by atoms with Gasteiger partial charge in [0.15, 0.2) is 5.75 Å². The first kappa shape index (κ1) is 17.8. The predicted molar refractivity (Wildman–Crippen MR) is 88.1 cm³/mol. The van der Waals surface area contributed by atoms with Gasteiger partial charge in [0, 0.05) is 13.0 Å². The standard InChI is InChI=1S/C17H22N2O5/c1-12-6-7-14-13(9-12)19(11-17(23)24-14)10-15(20)18-8-4-2-3-5-16(21)22/h6-7,9H,2-5,8,10-11H2,1H3,(H,18,20)(H,21,22). The Morgan fingerprint density at radius 1 is 1.29 bits per heavy atom. The van der Waals surface area contributed by atoms with Crippen LogP contribution in [-0.2, 0) is 14.4 Å². The van der Waals surface area contributed by atoms with Crippen molar-refractivity contribution >= 4 is 23.5 Å². The monoisotopic (exact) mass is 334 g/mol. The lowest BCUT2D eigenvalue weighted by Crippen LogP contribution is -2.43. The second kappa shape index (κ2) is 8.33. The first-order chi connectivity index (χ1) is 11.5. The van der Waals surface area contributed by atoms with Gasteiger partial charge in [0.1, 0.15) is 6.54 Å². The minimum absolute atomic E-state index is 0.0441. The van der Waals surface area contributed by atoms with E-state index in [-0.39, 0.29) is 31.4 Å². The van der Waals surface area contributed by atoms with Gasteiger partial charge in [0.25, 0.3) is 0 Å². The maximum absolute atomic E-state index is 12.1. The highest BCUT2D eigenvalue weighted by Crippen LogP contribution is 2.32. The fourth-order valence-electron chi connectivity index (χ4n) is 2.53. The molecule has 0 fully saturated rings. The fraction of sp³-hybridized carbons (Fsp3) is 0.471. The first-order valence-corrected chi connectivity index (χ1v) is 8.00. The molecule has 0 unspecified atom stereocenters. The van der Waals surface area contributed by atoms with E-state index < -0.39 is 5.97 Å². The molecule has 1 aliphatic rings. The van der Waals surface area contributed by atoms with Crippen LogP contribution < -0.4 is 15.0 Å². The molecule has 1 aromatic carbocycles. The molecule has 0 atom stereocenters. The molecule has 2 N–H and O–H groups in total. The van der Waals surface area contributed by atoms with E-state index in [2.05, 4.69) is 5.32 Å². The number of hydrogen-bond donors (Lipinski definition) is 2. The third-order valence-corrected chi connectivity index (χ3v) is 3.72. The summed E-state index contributed by atoms with van der Waals surface area (Å²) in [7, 11) is 0. The number of carbonyl (C=O) groups is 3. The molecule has 0 bridgehead atoms. The number of esters is 1. The third kappa shape index (κ3) is 5.26. The maximum Gasteiger partial charge on any atom is 0.331 e. The van der Waals surface area contributed by atoms with Crippen molar-refractivity contribution < 1.29 is 24.2 Å². The van der Waals surface area contributed by atoms with Crippen LogP contribution in [-0.4, -0.2) is 42.6 Å². The van der Waals surface area contributed by atoms with Crippen LogP contribution in [0, 0.1) is 6.92 Å². The van der Waals surface area contributed by atoms with Crippen molar-refractivity contribution in [1.82, 2.24) is 5.32 Å². The Hall–Kier alpha value is -2.57. The largest absolute Gasteiger partial charge is 0.481 e. The lowest BCUT2D eigenvalue weighted by molar-refractivity contribution is -0.137. The first-order valence-electron chi connectivity index (χ1n) is 8.00. The summed E-state index contributed by atoms with van der Waals surface area (Å²) in [5.41, 5.74) is 1.77. The molecule has 0 aromatic heterocycles.